The number of Topliss-reactive ketones (excluding diaryl/α,β-unsaturated/α-hetero) is 2. The van der Waals surface area contributed by atoms with Crippen LogP contribution in [0.5, 0.6) is 0 Å². The summed E-state index contributed by atoms with van der Waals surface area (Å²) in [5.74, 6) is -0.754. The van der Waals surface area contributed by atoms with Crippen LogP contribution in [-0.2, 0) is 9.59 Å². The Bertz CT molecular complexity index is 618. The Labute approximate surface area is 119 Å². The minimum atomic E-state index is -0.286. The van der Waals surface area contributed by atoms with Crippen LogP contribution in [-0.4, -0.2) is 11.6 Å². The van der Waals surface area contributed by atoms with Crippen LogP contribution in [0, 0.1) is 11.3 Å². The summed E-state index contributed by atoms with van der Waals surface area (Å²) in [6.07, 6.45) is 10.6. The molecule has 0 aromatic heterocycles. The molecule has 3 rings (SSSR count). The van der Waals surface area contributed by atoms with Gasteiger partial charge in [0.05, 0.1) is 5.92 Å². The largest absolute Gasteiger partial charge is 0.290 e. The van der Waals surface area contributed by atoms with Crippen molar-refractivity contribution in [3.8, 4) is 0 Å². The molecule has 1 unspecified atom stereocenters. The van der Waals surface area contributed by atoms with E-state index in [2.05, 4.69) is 32.9 Å². The molecule has 104 valence electrons. The highest BCUT2D eigenvalue weighted by molar-refractivity contribution is 6.47. The fourth-order valence-corrected chi connectivity index (χ4v) is 3.23. The zero-order valence-corrected chi connectivity index (χ0v) is 12.3. The third kappa shape index (κ3) is 1.94. The average Bonchev–Trinajstić information content (AvgIpc) is 2.43. The second kappa shape index (κ2) is 4.41. The van der Waals surface area contributed by atoms with Crippen molar-refractivity contribution < 1.29 is 9.59 Å². The van der Waals surface area contributed by atoms with Gasteiger partial charge in [-0.05, 0) is 41.4 Å². The Hall–Kier alpha value is -1.70. The fourth-order valence-electron chi connectivity index (χ4n) is 3.23. The van der Waals surface area contributed by atoms with E-state index in [0.29, 0.717) is 12.0 Å². The Kier molecular flexibility index (Phi) is 2.93. The minimum Gasteiger partial charge on any atom is -0.290 e. The molecule has 0 spiro atoms. The Morgan fingerprint density at radius 1 is 1.20 bits per heavy atom. The van der Waals surface area contributed by atoms with Gasteiger partial charge in [-0.1, -0.05) is 45.1 Å². The van der Waals surface area contributed by atoms with Crippen molar-refractivity contribution in [2.24, 2.45) is 11.3 Å². The van der Waals surface area contributed by atoms with E-state index >= 15 is 0 Å². The van der Waals surface area contributed by atoms with E-state index in [-0.39, 0.29) is 22.9 Å². The summed E-state index contributed by atoms with van der Waals surface area (Å²) in [7, 11) is 0. The lowest BCUT2D eigenvalue weighted by Crippen LogP contribution is -2.34. The first-order valence-electron chi connectivity index (χ1n) is 7.30. The van der Waals surface area contributed by atoms with Crippen LogP contribution in [0.15, 0.2) is 46.6 Å². The maximum Gasteiger partial charge on any atom is 0.229 e. The van der Waals surface area contributed by atoms with Gasteiger partial charge in [-0.25, -0.2) is 0 Å². The molecule has 0 fully saturated rings. The van der Waals surface area contributed by atoms with E-state index in [0.717, 1.165) is 24.0 Å². The number of ketones is 2. The topological polar surface area (TPSA) is 34.1 Å². The molecular weight excluding hydrogens is 248 g/mol. The first kappa shape index (κ1) is 13.3. The predicted molar refractivity (Wildman–Crippen MR) is 79.1 cm³/mol. The SMILES string of the molecule is CC(C)(C)C1=CCC2C(=O)C(=O)C3=C(CCC=C3)C2=C1. The molecule has 1 atom stereocenters. The fraction of sp³-hybridized carbons (Fsp3) is 0.444. The van der Waals surface area contributed by atoms with Crippen molar-refractivity contribution in [2.75, 3.05) is 0 Å². The summed E-state index contributed by atoms with van der Waals surface area (Å²) in [5, 5.41) is 0. The van der Waals surface area contributed by atoms with Crippen LogP contribution < -0.4 is 0 Å². The second-order valence-corrected chi connectivity index (χ2v) is 6.82. The van der Waals surface area contributed by atoms with Crippen molar-refractivity contribution in [2.45, 2.75) is 40.0 Å². The van der Waals surface area contributed by atoms with Crippen molar-refractivity contribution in [3.05, 3.63) is 46.6 Å². The first-order chi connectivity index (χ1) is 9.39. The van der Waals surface area contributed by atoms with Crippen LogP contribution >= 0.6 is 0 Å². The monoisotopic (exact) mass is 268 g/mol. The zero-order chi connectivity index (χ0) is 14.5. The summed E-state index contributed by atoms with van der Waals surface area (Å²) >= 11 is 0. The molecular formula is C18H20O2. The van der Waals surface area contributed by atoms with E-state index in [4.69, 9.17) is 0 Å². The molecule has 0 saturated carbocycles. The van der Waals surface area contributed by atoms with Crippen molar-refractivity contribution >= 4 is 11.6 Å². The maximum atomic E-state index is 12.3. The number of carbonyl (C=O) groups excluding carboxylic acids is 2. The Morgan fingerprint density at radius 2 is 1.95 bits per heavy atom. The molecule has 0 heterocycles. The lowest BCUT2D eigenvalue weighted by atomic mass is 9.69. The Balaban J connectivity index is 2.14. The number of hydrogen-bond acceptors (Lipinski definition) is 2. The van der Waals surface area contributed by atoms with Crippen LogP contribution in [0.3, 0.4) is 0 Å². The normalized spacial score (nSPS) is 26.1. The molecule has 0 radical (unpaired) electrons. The molecule has 0 amide bonds. The molecule has 0 aromatic rings. The molecule has 0 N–H and O–H groups in total. The number of carbonyl (C=O) groups is 2. The van der Waals surface area contributed by atoms with E-state index < -0.39 is 0 Å². The molecule has 0 bridgehead atoms. The highest BCUT2D eigenvalue weighted by Gasteiger charge is 2.39. The standard InChI is InChI=1S/C18H20O2/c1-18(2,3)11-8-9-14-15(10-11)12-6-4-5-7-13(12)16(19)17(14)20/h5,7-8,10,14H,4,6,9H2,1-3H3. The molecule has 20 heavy (non-hydrogen) atoms. The van der Waals surface area contributed by atoms with Crippen LogP contribution in [0.4, 0.5) is 0 Å². The number of fused-ring (bicyclic) bond motifs is 2. The molecule has 0 aliphatic heterocycles. The van der Waals surface area contributed by atoms with Gasteiger partial charge >= 0.3 is 0 Å². The molecule has 2 nitrogen and oxygen atoms in total. The smallest absolute Gasteiger partial charge is 0.229 e. The van der Waals surface area contributed by atoms with Gasteiger partial charge in [0.25, 0.3) is 0 Å². The van der Waals surface area contributed by atoms with Gasteiger partial charge in [0, 0.05) is 5.57 Å². The van der Waals surface area contributed by atoms with E-state index in [1.165, 1.54) is 5.57 Å². The van der Waals surface area contributed by atoms with E-state index in [1.807, 2.05) is 12.2 Å². The Morgan fingerprint density at radius 3 is 2.65 bits per heavy atom. The predicted octanol–water partition coefficient (Wildman–Crippen LogP) is 3.70. The van der Waals surface area contributed by atoms with Gasteiger partial charge in [0.2, 0.25) is 11.6 Å². The molecule has 0 saturated heterocycles. The summed E-state index contributed by atoms with van der Waals surface area (Å²) < 4.78 is 0. The van der Waals surface area contributed by atoms with E-state index in [1.54, 1.807) is 0 Å². The van der Waals surface area contributed by atoms with Crippen molar-refractivity contribution in [1.29, 1.82) is 0 Å². The summed E-state index contributed by atoms with van der Waals surface area (Å²) in [6, 6.07) is 0. The highest BCUT2D eigenvalue weighted by atomic mass is 16.2. The van der Waals surface area contributed by atoms with Gasteiger partial charge in [-0.15, -0.1) is 0 Å². The second-order valence-electron chi connectivity index (χ2n) is 6.82. The molecule has 3 aliphatic rings. The zero-order valence-electron chi connectivity index (χ0n) is 12.3. The van der Waals surface area contributed by atoms with Crippen molar-refractivity contribution in [1.82, 2.24) is 0 Å². The third-order valence-electron chi connectivity index (χ3n) is 4.43. The van der Waals surface area contributed by atoms with Crippen LogP contribution in [0.1, 0.15) is 40.0 Å². The van der Waals surface area contributed by atoms with Gasteiger partial charge in [0.15, 0.2) is 0 Å². The van der Waals surface area contributed by atoms with Crippen molar-refractivity contribution in [3.63, 3.8) is 0 Å². The number of allylic oxidation sites excluding steroid dienone is 8. The lowest BCUT2D eigenvalue weighted by molar-refractivity contribution is -0.136. The maximum absolute atomic E-state index is 12.3. The number of hydrogen-bond donors (Lipinski definition) is 0. The van der Waals surface area contributed by atoms with Gasteiger partial charge in [-0.3, -0.25) is 9.59 Å². The lowest BCUT2D eigenvalue weighted by Gasteiger charge is -2.33. The summed E-state index contributed by atoms with van der Waals surface area (Å²) in [6.45, 7) is 6.55. The summed E-state index contributed by atoms with van der Waals surface area (Å²) in [5.41, 5.74) is 4.19. The first-order valence-corrected chi connectivity index (χ1v) is 7.30. The highest BCUT2D eigenvalue weighted by Crippen LogP contribution is 2.43. The van der Waals surface area contributed by atoms with Crippen LogP contribution in [0.2, 0.25) is 0 Å². The quantitative estimate of drug-likeness (QED) is 0.628. The van der Waals surface area contributed by atoms with Gasteiger partial charge < -0.3 is 0 Å². The molecule has 2 heteroatoms. The van der Waals surface area contributed by atoms with E-state index in [9.17, 15) is 9.59 Å². The van der Waals surface area contributed by atoms with Gasteiger partial charge in [0.1, 0.15) is 0 Å². The summed E-state index contributed by atoms with van der Waals surface area (Å²) in [4.78, 5) is 24.5. The third-order valence-corrected chi connectivity index (χ3v) is 4.43. The average molecular weight is 268 g/mol. The van der Waals surface area contributed by atoms with Gasteiger partial charge in [-0.2, -0.15) is 0 Å². The van der Waals surface area contributed by atoms with Crippen LogP contribution in [0.25, 0.3) is 0 Å². The minimum absolute atomic E-state index is 0.0771. The molecule has 0 aromatic carbocycles. The number of rotatable bonds is 0. The molecule has 3 aliphatic carbocycles.